The molecule has 4 rings (SSSR count). The summed E-state index contributed by atoms with van der Waals surface area (Å²) in [5.41, 5.74) is 1.43. The van der Waals surface area contributed by atoms with E-state index in [4.69, 9.17) is 4.42 Å². The van der Waals surface area contributed by atoms with Crippen molar-refractivity contribution in [2.75, 3.05) is 13.1 Å². The number of oxazole rings is 1. The van der Waals surface area contributed by atoms with Crippen LogP contribution < -0.4 is 0 Å². The van der Waals surface area contributed by atoms with Crippen LogP contribution in [0.2, 0.25) is 0 Å². The molecule has 0 aliphatic carbocycles. The molecule has 27 heavy (non-hydrogen) atoms. The van der Waals surface area contributed by atoms with Crippen LogP contribution in [0.4, 0.5) is 4.39 Å². The fourth-order valence-corrected chi connectivity index (χ4v) is 3.79. The Kier molecular flexibility index (Phi) is 4.99. The molecule has 1 atom stereocenters. The molecule has 0 radical (unpaired) electrons. The third-order valence-corrected chi connectivity index (χ3v) is 5.17. The molecule has 140 valence electrons. The van der Waals surface area contributed by atoms with E-state index in [9.17, 15) is 4.39 Å². The summed E-state index contributed by atoms with van der Waals surface area (Å²) in [6.45, 7) is 4.83. The molecule has 1 aromatic carbocycles. The molecule has 0 N–H and O–H groups in total. The van der Waals surface area contributed by atoms with Gasteiger partial charge in [-0.1, -0.05) is 18.2 Å². The second-order valence-corrected chi connectivity index (χ2v) is 7.47. The topological polar surface area (TPSA) is 55.1 Å². The molecule has 0 bridgehead atoms. The first kappa shape index (κ1) is 17.8. The van der Waals surface area contributed by atoms with Crippen LogP contribution in [0.3, 0.4) is 0 Å². The molecule has 1 fully saturated rings. The Hall–Kier alpha value is -2.60. The van der Waals surface area contributed by atoms with Gasteiger partial charge in [0.1, 0.15) is 11.6 Å². The van der Waals surface area contributed by atoms with Gasteiger partial charge in [-0.25, -0.2) is 9.37 Å². The number of likely N-dealkylation sites (tertiary alicyclic amines) is 1. The quantitative estimate of drug-likeness (QED) is 0.688. The van der Waals surface area contributed by atoms with Crippen LogP contribution in [0.1, 0.15) is 42.7 Å². The minimum Gasteiger partial charge on any atom is -0.445 e. The number of hydrogen-bond donors (Lipinski definition) is 0. The summed E-state index contributed by atoms with van der Waals surface area (Å²) < 4.78 is 19.9. The lowest BCUT2D eigenvalue weighted by Gasteiger charge is -2.38. The number of piperidine rings is 1. The fourth-order valence-electron chi connectivity index (χ4n) is 3.79. The average molecular weight is 366 g/mol. The van der Waals surface area contributed by atoms with Gasteiger partial charge in [-0.2, -0.15) is 0 Å². The maximum Gasteiger partial charge on any atom is 0.201 e. The molecule has 0 saturated carbocycles. The standard InChI is InChI=1S/C21H23FN4O/c1-21(7-4-10-26(15-21)14-17-12-23-8-9-24-17)20-25-13-18(27-20)11-16-5-2-3-6-19(16)22/h2-3,5-6,8-9,12-13H,4,7,10-11,14-15H2,1H3/t21-/m0/s1. The molecular weight excluding hydrogens is 343 g/mol. The number of halogens is 1. The zero-order valence-corrected chi connectivity index (χ0v) is 15.4. The van der Waals surface area contributed by atoms with E-state index < -0.39 is 0 Å². The molecule has 1 aliphatic heterocycles. The fraction of sp³-hybridized carbons (Fsp3) is 0.381. The molecule has 3 aromatic rings. The molecule has 0 spiro atoms. The van der Waals surface area contributed by atoms with Crippen molar-refractivity contribution >= 4 is 0 Å². The highest BCUT2D eigenvalue weighted by Gasteiger charge is 2.37. The summed E-state index contributed by atoms with van der Waals surface area (Å²) in [5.74, 6) is 1.22. The zero-order chi connectivity index (χ0) is 18.7. The number of hydrogen-bond acceptors (Lipinski definition) is 5. The summed E-state index contributed by atoms with van der Waals surface area (Å²) in [7, 11) is 0. The highest BCUT2D eigenvalue weighted by atomic mass is 19.1. The molecule has 2 aromatic heterocycles. The van der Waals surface area contributed by atoms with E-state index in [1.807, 2.05) is 12.3 Å². The van der Waals surface area contributed by atoms with Gasteiger partial charge in [-0.3, -0.25) is 14.9 Å². The highest BCUT2D eigenvalue weighted by Crippen LogP contribution is 2.34. The molecule has 6 heteroatoms. The van der Waals surface area contributed by atoms with Crippen molar-refractivity contribution < 1.29 is 8.81 Å². The van der Waals surface area contributed by atoms with E-state index in [1.165, 1.54) is 6.07 Å². The Morgan fingerprint density at radius 1 is 1.19 bits per heavy atom. The van der Waals surface area contributed by atoms with Crippen LogP contribution in [-0.2, 0) is 18.4 Å². The van der Waals surface area contributed by atoms with Gasteiger partial charge >= 0.3 is 0 Å². The van der Waals surface area contributed by atoms with Gasteiger partial charge in [0.2, 0.25) is 5.89 Å². The summed E-state index contributed by atoms with van der Waals surface area (Å²) in [5, 5.41) is 0. The van der Waals surface area contributed by atoms with Crippen LogP contribution >= 0.6 is 0 Å². The van der Waals surface area contributed by atoms with Gasteiger partial charge < -0.3 is 4.42 Å². The smallest absolute Gasteiger partial charge is 0.201 e. The Balaban J connectivity index is 1.47. The third kappa shape index (κ3) is 4.06. The van der Waals surface area contributed by atoms with Crippen LogP contribution in [0, 0.1) is 5.82 Å². The van der Waals surface area contributed by atoms with E-state index in [0.717, 1.165) is 44.1 Å². The van der Waals surface area contributed by atoms with Gasteiger partial charge in [-0.15, -0.1) is 0 Å². The van der Waals surface area contributed by atoms with Crippen molar-refractivity contribution in [3.63, 3.8) is 0 Å². The third-order valence-electron chi connectivity index (χ3n) is 5.17. The van der Waals surface area contributed by atoms with Crippen molar-refractivity contribution in [3.05, 3.63) is 77.8 Å². The van der Waals surface area contributed by atoms with E-state index >= 15 is 0 Å². The van der Waals surface area contributed by atoms with Crippen LogP contribution in [0.25, 0.3) is 0 Å². The monoisotopic (exact) mass is 366 g/mol. The van der Waals surface area contributed by atoms with Crippen LogP contribution in [-0.4, -0.2) is 32.9 Å². The Labute approximate surface area is 158 Å². The van der Waals surface area contributed by atoms with Gasteiger partial charge in [0, 0.05) is 38.1 Å². The molecule has 1 saturated heterocycles. The normalized spacial score (nSPS) is 20.7. The highest BCUT2D eigenvalue weighted by molar-refractivity contribution is 5.22. The lowest BCUT2D eigenvalue weighted by Crippen LogP contribution is -2.44. The van der Waals surface area contributed by atoms with Crippen LogP contribution in [0.15, 0.2) is 53.5 Å². The first-order chi connectivity index (χ1) is 13.1. The van der Waals surface area contributed by atoms with E-state index in [-0.39, 0.29) is 11.2 Å². The number of benzene rings is 1. The predicted octanol–water partition coefficient (Wildman–Crippen LogP) is 3.75. The first-order valence-corrected chi connectivity index (χ1v) is 9.28. The maximum atomic E-state index is 13.9. The van der Waals surface area contributed by atoms with Gasteiger partial charge in [0.05, 0.1) is 17.3 Å². The average Bonchev–Trinajstić information content (AvgIpc) is 3.14. The minimum absolute atomic E-state index is 0.159. The second-order valence-electron chi connectivity index (χ2n) is 7.47. The van der Waals surface area contributed by atoms with Crippen molar-refractivity contribution in [1.82, 2.24) is 19.9 Å². The largest absolute Gasteiger partial charge is 0.445 e. The molecule has 0 unspecified atom stereocenters. The molecule has 0 amide bonds. The lowest BCUT2D eigenvalue weighted by atomic mass is 9.81. The van der Waals surface area contributed by atoms with E-state index in [1.54, 1.807) is 30.7 Å². The Morgan fingerprint density at radius 3 is 2.89 bits per heavy atom. The Morgan fingerprint density at radius 2 is 2.07 bits per heavy atom. The predicted molar refractivity (Wildman–Crippen MR) is 99.6 cm³/mol. The minimum atomic E-state index is -0.213. The van der Waals surface area contributed by atoms with Gasteiger partial charge in [0.25, 0.3) is 0 Å². The van der Waals surface area contributed by atoms with Crippen LogP contribution in [0.5, 0.6) is 0 Å². The van der Waals surface area contributed by atoms with Crippen molar-refractivity contribution in [2.24, 2.45) is 0 Å². The first-order valence-electron chi connectivity index (χ1n) is 9.28. The van der Waals surface area contributed by atoms with Crippen molar-refractivity contribution in [3.8, 4) is 0 Å². The number of rotatable bonds is 5. The second kappa shape index (κ2) is 7.56. The molecule has 1 aliphatic rings. The number of nitrogens with zero attached hydrogens (tertiary/aromatic N) is 4. The SMILES string of the molecule is C[C@]1(c2ncc(Cc3ccccc3F)o2)CCCN(Cc2cnccn2)C1. The van der Waals surface area contributed by atoms with Gasteiger partial charge in [0.15, 0.2) is 0 Å². The maximum absolute atomic E-state index is 13.9. The number of aromatic nitrogens is 3. The molecular formula is C21H23FN4O. The zero-order valence-electron chi connectivity index (χ0n) is 15.4. The Bertz CT molecular complexity index is 898. The van der Waals surface area contributed by atoms with E-state index in [0.29, 0.717) is 17.7 Å². The summed E-state index contributed by atoms with van der Waals surface area (Å²) in [6, 6.07) is 6.78. The molecule has 3 heterocycles. The summed E-state index contributed by atoms with van der Waals surface area (Å²) in [4.78, 5) is 15.4. The summed E-state index contributed by atoms with van der Waals surface area (Å²) in [6.07, 6.45) is 9.46. The lowest BCUT2D eigenvalue weighted by molar-refractivity contribution is 0.128. The van der Waals surface area contributed by atoms with Crippen molar-refractivity contribution in [2.45, 2.75) is 38.1 Å². The van der Waals surface area contributed by atoms with E-state index in [2.05, 4.69) is 26.8 Å². The van der Waals surface area contributed by atoms with Crippen molar-refractivity contribution in [1.29, 1.82) is 0 Å². The summed E-state index contributed by atoms with van der Waals surface area (Å²) >= 11 is 0. The molecule has 5 nitrogen and oxygen atoms in total. The van der Waals surface area contributed by atoms with Gasteiger partial charge in [-0.05, 0) is 37.9 Å².